The Hall–Kier alpha value is -3.89. The zero-order valence-electron chi connectivity index (χ0n) is 17.7. The van der Waals surface area contributed by atoms with Crippen LogP contribution in [-0.2, 0) is 11.2 Å². The lowest BCUT2D eigenvalue weighted by atomic mass is 10.1. The molecule has 3 N–H and O–H groups in total. The second-order valence-electron chi connectivity index (χ2n) is 6.74. The second kappa shape index (κ2) is 12.2. The number of carbonyl (C=O) groups excluding carboxylic acids is 1. The number of para-hydroxylation sites is 1. The average molecular weight is 464 g/mol. The predicted molar refractivity (Wildman–Crippen MR) is 114 cm³/mol. The van der Waals surface area contributed by atoms with Crippen LogP contribution < -0.4 is 10.1 Å². The standard InChI is InChI=1S/C20H22N4O2.C2HF3O2/c1-26-19-8-3-2-7-16(19)17-14-18(24-23-17)20(25)22-11-5-4-6-15-9-12-21-13-10-15;3-2(4,5)1(6)7/h2-3,7-10,12-14H,4-6,11H2,1H3,(H,22,25)(H,23,24);(H,6,7). The molecule has 176 valence electrons. The Kier molecular flexibility index (Phi) is 9.40. The molecule has 0 saturated heterocycles. The maximum Gasteiger partial charge on any atom is 0.490 e. The van der Waals surface area contributed by atoms with Crippen LogP contribution in [0.4, 0.5) is 13.2 Å². The van der Waals surface area contributed by atoms with Crippen molar-refractivity contribution in [3.8, 4) is 17.0 Å². The van der Waals surface area contributed by atoms with Gasteiger partial charge in [0.25, 0.3) is 5.91 Å². The number of methoxy groups -OCH3 is 1. The first-order chi connectivity index (χ1) is 15.7. The van der Waals surface area contributed by atoms with E-state index in [-0.39, 0.29) is 5.91 Å². The smallest absolute Gasteiger partial charge is 0.490 e. The molecule has 1 amide bonds. The number of benzene rings is 1. The number of amides is 1. The van der Waals surface area contributed by atoms with Crippen molar-refractivity contribution < 1.29 is 32.6 Å². The monoisotopic (exact) mass is 464 g/mol. The van der Waals surface area contributed by atoms with Gasteiger partial charge in [-0.15, -0.1) is 0 Å². The second-order valence-corrected chi connectivity index (χ2v) is 6.74. The number of halogens is 3. The lowest BCUT2D eigenvalue weighted by molar-refractivity contribution is -0.192. The normalized spacial score (nSPS) is 10.7. The number of hydrogen-bond donors (Lipinski definition) is 3. The molecule has 11 heteroatoms. The molecule has 0 aliphatic rings. The molecule has 2 heterocycles. The molecule has 0 radical (unpaired) electrons. The number of carbonyl (C=O) groups is 2. The summed E-state index contributed by atoms with van der Waals surface area (Å²) >= 11 is 0. The highest BCUT2D eigenvalue weighted by Gasteiger charge is 2.38. The van der Waals surface area contributed by atoms with Crippen LogP contribution in [0.15, 0.2) is 54.9 Å². The number of alkyl halides is 3. The van der Waals surface area contributed by atoms with Crippen LogP contribution in [0, 0.1) is 0 Å². The highest BCUT2D eigenvalue weighted by atomic mass is 19.4. The largest absolute Gasteiger partial charge is 0.496 e. The number of nitrogens with one attached hydrogen (secondary N) is 2. The van der Waals surface area contributed by atoms with Gasteiger partial charge in [0.2, 0.25) is 0 Å². The van der Waals surface area contributed by atoms with E-state index in [0.717, 1.165) is 30.6 Å². The number of nitrogens with zero attached hydrogens (tertiary/aromatic N) is 2. The van der Waals surface area contributed by atoms with Crippen molar-refractivity contribution in [2.24, 2.45) is 0 Å². The summed E-state index contributed by atoms with van der Waals surface area (Å²) in [4.78, 5) is 25.2. The number of aromatic nitrogens is 3. The number of ether oxygens (including phenoxy) is 1. The molecule has 8 nitrogen and oxygen atoms in total. The summed E-state index contributed by atoms with van der Waals surface area (Å²) in [5, 5.41) is 17.1. The number of H-pyrrole nitrogens is 1. The van der Waals surface area contributed by atoms with Crippen LogP contribution in [0.1, 0.15) is 28.9 Å². The van der Waals surface area contributed by atoms with Gasteiger partial charge in [0.05, 0.1) is 12.8 Å². The summed E-state index contributed by atoms with van der Waals surface area (Å²) < 4.78 is 37.1. The fraction of sp³-hybridized carbons (Fsp3) is 0.273. The third kappa shape index (κ3) is 8.28. The number of carboxylic acids is 1. The van der Waals surface area contributed by atoms with Crippen LogP contribution in [0.3, 0.4) is 0 Å². The molecular weight excluding hydrogens is 441 g/mol. The minimum atomic E-state index is -5.08. The highest BCUT2D eigenvalue weighted by molar-refractivity contribution is 5.93. The number of aromatic amines is 1. The number of rotatable bonds is 8. The van der Waals surface area contributed by atoms with Gasteiger partial charge < -0.3 is 15.2 Å². The third-order valence-corrected chi connectivity index (χ3v) is 4.38. The van der Waals surface area contributed by atoms with E-state index in [1.807, 2.05) is 36.4 Å². The summed E-state index contributed by atoms with van der Waals surface area (Å²) in [6.07, 6.45) is 1.44. The van der Waals surface area contributed by atoms with Crippen LogP contribution in [0.25, 0.3) is 11.3 Å². The number of aryl methyl sites for hydroxylation is 1. The van der Waals surface area contributed by atoms with Crippen LogP contribution >= 0.6 is 0 Å². The molecule has 33 heavy (non-hydrogen) atoms. The van der Waals surface area contributed by atoms with E-state index >= 15 is 0 Å². The summed E-state index contributed by atoms with van der Waals surface area (Å²) in [6, 6.07) is 13.4. The van der Waals surface area contributed by atoms with Gasteiger partial charge in [-0.3, -0.25) is 14.9 Å². The summed E-state index contributed by atoms with van der Waals surface area (Å²) in [6.45, 7) is 0.632. The van der Waals surface area contributed by atoms with E-state index < -0.39 is 12.1 Å². The highest BCUT2D eigenvalue weighted by Crippen LogP contribution is 2.28. The molecule has 0 atom stereocenters. The molecule has 3 rings (SSSR count). The van der Waals surface area contributed by atoms with Gasteiger partial charge in [-0.05, 0) is 55.2 Å². The number of pyridine rings is 1. The zero-order valence-corrected chi connectivity index (χ0v) is 17.7. The van der Waals surface area contributed by atoms with E-state index in [1.54, 1.807) is 25.6 Å². The molecule has 0 fully saturated rings. The molecule has 0 bridgehead atoms. The average Bonchev–Trinajstić information content (AvgIpc) is 3.29. The minimum absolute atomic E-state index is 0.150. The van der Waals surface area contributed by atoms with Crippen LogP contribution in [-0.4, -0.2) is 52.0 Å². The molecular formula is C22H23F3N4O4. The Morgan fingerprint density at radius 1 is 1.12 bits per heavy atom. The SMILES string of the molecule is COc1ccccc1-c1cc(C(=O)NCCCCc2ccncc2)[nH]n1.O=C(O)C(F)(F)F. The van der Waals surface area contributed by atoms with Crippen molar-refractivity contribution in [3.05, 3.63) is 66.1 Å². The van der Waals surface area contributed by atoms with Crippen molar-refractivity contribution >= 4 is 11.9 Å². The fourth-order valence-electron chi connectivity index (χ4n) is 2.73. The predicted octanol–water partition coefficient (Wildman–Crippen LogP) is 3.87. The molecule has 2 aromatic heterocycles. The van der Waals surface area contributed by atoms with Crippen molar-refractivity contribution in [3.63, 3.8) is 0 Å². The van der Waals surface area contributed by atoms with E-state index in [0.29, 0.717) is 17.9 Å². The van der Waals surface area contributed by atoms with Crippen LogP contribution in [0.2, 0.25) is 0 Å². The van der Waals surface area contributed by atoms with Crippen molar-refractivity contribution in [1.82, 2.24) is 20.5 Å². The molecule has 0 aliphatic heterocycles. The van der Waals surface area contributed by atoms with E-state index in [4.69, 9.17) is 14.6 Å². The molecule has 0 spiro atoms. The first-order valence-electron chi connectivity index (χ1n) is 9.88. The minimum Gasteiger partial charge on any atom is -0.496 e. The Bertz CT molecular complexity index is 1040. The molecule has 0 saturated carbocycles. The zero-order chi connectivity index (χ0) is 24.3. The summed E-state index contributed by atoms with van der Waals surface area (Å²) in [5.41, 5.74) is 3.24. The molecule has 1 aromatic carbocycles. The van der Waals surface area contributed by atoms with Gasteiger partial charge in [-0.25, -0.2) is 4.79 Å². The molecule has 0 unspecified atom stereocenters. The lowest BCUT2D eigenvalue weighted by Crippen LogP contribution is -2.24. The van der Waals surface area contributed by atoms with Gasteiger partial charge in [-0.1, -0.05) is 12.1 Å². The Morgan fingerprint density at radius 2 is 1.79 bits per heavy atom. The molecule has 3 aromatic rings. The number of carboxylic acid groups (broad SMARTS) is 1. The molecule has 0 aliphatic carbocycles. The quantitative estimate of drug-likeness (QED) is 0.436. The van der Waals surface area contributed by atoms with E-state index in [9.17, 15) is 18.0 Å². The fourth-order valence-corrected chi connectivity index (χ4v) is 2.73. The van der Waals surface area contributed by atoms with Gasteiger partial charge in [-0.2, -0.15) is 18.3 Å². The lowest BCUT2D eigenvalue weighted by Gasteiger charge is -2.04. The first-order valence-corrected chi connectivity index (χ1v) is 9.88. The topological polar surface area (TPSA) is 117 Å². The van der Waals surface area contributed by atoms with Crippen molar-refractivity contribution in [2.45, 2.75) is 25.4 Å². The number of aliphatic carboxylic acids is 1. The van der Waals surface area contributed by atoms with Gasteiger partial charge in [0.15, 0.2) is 0 Å². The van der Waals surface area contributed by atoms with Crippen molar-refractivity contribution in [1.29, 1.82) is 0 Å². The Morgan fingerprint density at radius 3 is 2.42 bits per heavy atom. The van der Waals surface area contributed by atoms with Crippen LogP contribution in [0.5, 0.6) is 5.75 Å². The maximum atomic E-state index is 12.3. The van der Waals surface area contributed by atoms with Gasteiger partial charge >= 0.3 is 12.1 Å². The first kappa shape index (κ1) is 25.4. The van der Waals surface area contributed by atoms with E-state index in [1.165, 1.54) is 5.56 Å². The number of hydrogen-bond acceptors (Lipinski definition) is 5. The summed E-state index contributed by atoms with van der Waals surface area (Å²) in [5.74, 6) is -2.18. The summed E-state index contributed by atoms with van der Waals surface area (Å²) in [7, 11) is 1.62. The Labute approximate surface area is 187 Å². The van der Waals surface area contributed by atoms with Gasteiger partial charge in [0, 0.05) is 24.5 Å². The number of unbranched alkanes of at least 4 members (excludes halogenated alkanes) is 1. The maximum absolute atomic E-state index is 12.3. The third-order valence-electron chi connectivity index (χ3n) is 4.38. The van der Waals surface area contributed by atoms with Gasteiger partial charge in [0.1, 0.15) is 11.4 Å². The van der Waals surface area contributed by atoms with E-state index in [2.05, 4.69) is 20.5 Å². The van der Waals surface area contributed by atoms with Crippen molar-refractivity contribution in [2.75, 3.05) is 13.7 Å². The Balaban J connectivity index is 0.000000479.